The van der Waals surface area contributed by atoms with Gasteiger partial charge in [0.2, 0.25) is 0 Å². The summed E-state index contributed by atoms with van der Waals surface area (Å²) in [6, 6.07) is 0. The van der Waals surface area contributed by atoms with E-state index in [0.717, 1.165) is 44.9 Å². The Kier molecular flexibility index (Phi) is 3.11. The lowest BCUT2D eigenvalue weighted by molar-refractivity contribution is -0.116. The molecule has 22 heavy (non-hydrogen) atoms. The highest BCUT2D eigenvalue weighted by Crippen LogP contribution is 2.64. The number of allylic oxidation sites excluding steroid dienone is 1. The lowest BCUT2D eigenvalue weighted by Crippen LogP contribution is -2.52. The molecule has 0 aromatic heterocycles. The van der Waals surface area contributed by atoms with Crippen LogP contribution in [0.15, 0.2) is 11.6 Å². The summed E-state index contributed by atoms with van der Waals surface area (Å²) in [4.78, 5) is 11.7. The van der Waals surface area contributed by atoms with Crippen molar-refractivity contribution in [1.29, 1.82) is 0 Å². The molecular formula is C20H26O2. The van der Waals surface area contributed by atoms with Crippen LogP contribution in [0.3, 0.4) is 0 Å². The molecule has 0 amide bonds. The normalized spacial score (nSPS) is 50.4. The fraction of sp³-hybridized carbons (Fsp3) is 0.750. The average molecular weight is 298 g/mol. The third-order valence-electron chi connectivity index (χ3n) is 7.69. The summed E-state index contributed by atoms with van der Waals surface area (Å²) in [5, 5.41) is 10.9. The first kappa shape index (κ1) is 14.5. The third-order valence-corrected chi connectivity index (χ3v) is 7.69. The molecule has 0 saturated heterocycles. The zero-order valence-electron chi connectivity index (χ0n) is 13.5. The molecule has 3 fully saturated rings. The average Bonchev–Trinajstić information content (AvgIpc) is 2.79. The van der Waals surface area contributed by atoms with Gasteiger partial charge in [0, 0.05) is 11.8 Å². The van der Waals surface area contributed by atoms with Crippen molar-refractivity contribution in [2.75, 3.05) is 0 Å². The number of terminal acetylenes is 1. The van der Waals surface area contributed by atoms with Crippen LogP contribution in [0, 0.1) is 41.4 Å². The second-order valence-electron chi connectivity index (χ2n) is 8.30. The Bertz CT molecular complexity index is 583. The fourth-order valence-electron chi connectivity index (χ4n) is 6.43. The van der Waals surface area contributed by atoms with Gasteiger partial charge in [0.05, 0.1) is 0 Å². The molecule has 0 aromatic rings. The summed E-state index contributed by atoms with van der Waals surface area (Å²) in [6.07, 6.45) is 15.7. The van der Waals surface area contributed by atoms with Gasteiger partial charge in [0.25, 0.3) is 0 Å². The van der Waals surface area contributed by atoms with E-state index in [9.17, 15) is 9.90 Å². The molecule has 0 aromatic carbocycles. The van der Waals surface area contributed by atoms with E-state index in [1.165, 1.54) is 12.0 Å². The number of hydrogen-bond donors (Lipinski definition) is 1. The van der Waals surface area contributed by atoms with E-state index in [0.29, 0.717) is 29.5 Å². The molecule has 0 aliphatic heterocycles. The summed E-state index contributed by atoms with van der Waals surface area (Å²) in [5.41, 5.74) is 0.418. The number of rotatable bonds is 0. The minimum atomic E-state index is -0.902. The molecule has 0 heterocycles. The third kappa shape index (κ3) is 1.75. The topological polar surface area (TPSA) is 37.3 Å². The van der Waals surface area contributed by atoms with Crippen LogP contribution in [0.4, 0.5) is 0 Å². The minimum Gasteiger partial charge on any atom is -0.377 e. The van der Waals surface area contributed by atoms with E-state index >= 15 is 0 Å². The van der Waals surface area contributed by atoms with Crippen LogP contribution >= 0.6 is 0 Å². The standard InChI is InChI=1S/C20H26O2/c1-3-20(22)11-9-18-17-6-4-13-12-14(21)5-7-15(13)16(17)8-10-19(18,20)2/h1,12,15-18,22H,4-11H2,2H3/t15-,16-,17+,18+,19+,20-/m1/s1. The molecule has 4 rings (SSSR count). The lowest BCUT2D eigenvalue weighted by atomic mass is 9.50. The zero-order chi connectivity index (χ0) is 15.5. The number of carbonyl (C=O) groups is 1. The van der Waals surface area contributed by atoms with E-state index in [1.54, 1.807) is 0 Å². The van der Waals surface area contributed by atoms with E-state index in [2.05, 4.69) is 12.8 Å². The molecule has 4 aliphatic rings. The second-order valence-corrected chi connectivity index (χ2v) is 8.30. The molecule has 0 radical (unpaired) electrons. The van der Waals surface area contributed by atoms with Crippen molar-refractivity contribution in [1.82, 2.24) is 0 Å². The first-order valence-electron chi connectivity index (χ1n) is 8.92. The highest BCUT2D eigenvalue weighted by atomic mass is 16.3. The Morgan fingerprint density at radius 1 is 1.18 bits per heavy atom. The molecule has 4 aliphatic carbocycles. The first-order chi connectivity index (χ1) is 10.5. The van der Waals surface area contributed by atoms with Gasteiger partial charge in [0.1, 0.15) is 5.60 Å². The number of ketones is 1. The van der Waals surface area contributed by atoms with Gasteiger partial charge in [-0.05, 0) is 74.7 Å². The van der Waals surface area contributed by atoms with Crippen molar-refractivity contribution in [2.45, 2.75) is 63.9 Å². The maximum Gasteiger partial charge on any atom is 0.155 e. The Morgan fingerprint density at radius 3 is 2.77 bits per heavy atom. The molecule has 1 N–H and O–H groups in total. The van der Waals surface area contributed by atoms with Crippen molar-refractivity contribution in [3.05, 3.63) is 11.6 Å². The molecule has 0 spiro atoms. The second kappa shape index (κ2) is 4.71. The summed E-state index contributed by atoms with van der Waals surface area (Å²) >= 11 is 0. The van der Waals surface area contributed by atoms with Crippen molar-refractivity contribution in [3.8, 4) is 12.3 Å². The van der Waals surface area contributed by atoms with Crippen LogP contribution in [-0.2, 0) is 4.79 Å². The van der Waals surface area contributed by atoms with Gasteiger partial charge in [-0.3, -0.25) is 4.79 Å². The van der Waals surface area contributed by atoms with Gasteiger partial charge < -0.3 is 5.11 Å². The lowest BCUT2D eigenvalue weighted by Gasteiger charge is -2.54. The van der Waals surface area contributed by atoms with Crippen LogP contribution in [0.2, 0.25) is 0 Å². The summed E-state index contributed by atoms with van der Waals surface area (Å²) in [6.45, 7) is 2.23. The number of hydrogen-bond acceptors (Lipinski definition) is 2. The van der Waals surface area contributed by atoms with Gasteiger partial charge in [0.15, 0.2) is 5.78 Å². The Hall–Kier alpha value is -1.07. The van der Waals surface area contributed by atoms with Crippen molar-refractivity contribution in [3.63, 3.8) is 0 Å². The van der Waals surface area contributed by atoms with Crippen molar-refractivity contribution in [2.24, 2.45) is 29.1 Å². The number of carbonyl (C=O) groups excluding carboxylic acids is 1. The summed E-state index contributed by atoms with van der Waals surface area (Å²) in [7, 11) is 0. The van der Waals surface area contributed by atoms with Gasteiger partial charge in [-0.1, -0.05) is 18.4 Å². The highest BCUT2D eigenvalue weighted by molar-refractivity contribution is 5.91. The Labute approximate surface area is 133 Å². The number of fused-ring (bicyclic) bond motifs is 5. The fourth-order valence-corrected chi connectivity index (χ4v) is 6.43. The largest absolute Gasteiger partial charge is 0.377 e. The van der Waals surface area contributed by atoms with E-state index in [1.807, 2.05) is 6.08 Å². The molecule has 2 nitrogen and oxygen atoms in total. The maximum atomic E-state index is 11.7. The maximum absolute atomic E-state index is 11.7. The molecule has 6 atom stereocenters. The van der Waals surface area contributed by atoms with Crippen LogP contribution in [-0.4, -0.2) is 16.5 Å². The number of aliphatic hydroxyl groups is 1. The minimum absolute atomic E-state index is 0.103. The molecular weight excluding hydrogens is 272 g/mol. The monoisotopic (exact) mass is 298 g/mol. The van der Waals surface area contributed by atoms with Crippen LogP contribution < -0.4 is 0 Å². The predicted molar refractivity (Wildman–Crippen MR) is 85.9 cm³/mol. The van der Waals surface area contributed by atoms with Crippen LogP contribution in [0.25, 0.3) is 0 Å². The van der Waals surface area contributed by atoms with Crippen LogP contribution in [0.5, 0.6) is 0 Å². The van der Waals surface area contributed by atoms with Gasteiger partial charge >= 0.3 is 0 Å². The quantitative estimate of drug-likeness (QED) is 0.695. The van der Waals surface area contributed by atoms with Crippen molar-refractivity contribution < 1.29 is 9.90 Å². The van der Waals surface area contributed by atoms with Crippen LogP contribution in [0.1, 0.15) is 58.3 Å². The molecule has 0 unspecified atom stereocenters. The van der Waals surface area contributed by atoms with E-state index in [4.69, 9.17) is 6.42 Å². The highest BCUT2D eigenvalue weighted by Gasteiger charge is 2.61. The van der Waals surface area contributed by atoms with Gasteiger partial charge in [-0.15, -0.1) is 6.42 Å². The Morgan fingerprint density at radius 2 is 2.00 bits per heavy atom. The van der Waals surface area contributed by atoms with Gasteiger partial charge in [-0.2, -0.15) is 0 Å². The SMILES string of the molecule is C#C[C@@]1(O)CC[C@H]2[C@H]3CCC4=CC(=O)CC[C@H]4[C@H]3CC[C@@]21C. The van der Waals surface area contributed by atoms with E-state index < -0.39 is 5.60 Å². The van der Waals surface area contributed by atoms with Gasteiger partial charge in [-0.25, -0.2) is 0 Å². The van der Waals surface area contributed by atoms with E-state index in [-0.39, 0.29) is 5.41 Å². The summed E-state index contributed by atoms with van der Waals surface area (Å²) in [5.74, 6) is 5.66. The van der Waals surface area contributed by atoms with Crippen molar-refractivity contribution >= 4 is 5.78 Å². The molecule has 2 heteroatoms. The summed E-state index contributed by atoms with van der Waals surface area (Å²) < 4.78 is 0. The molecule has 0 bridgehead atoms. The molecule has 118 valence electrons. The first-order valence-corrected chi connectivity index (χ1v) is 8.92. The Balaban J connectivity index is 1.65. The molecule has 3 saturated carbocycles. The zero-order valence-corrected chi connectivity index (χ0v) is 13.5. The predicted octanol–water partition coefficient (Wildman–Crippen LogP) is 3.49. The smallest absolute Gasteiger partial charge is 0.155 e.